The molecule has 128 valence electrons. The van der Waals surface area contributed by atoms with Crippen LogP contribution in [0.5, 0.6) is 0 Å². The Bertz CT molecular complexity index is 870. The summed E-state index contributed by atoms with van der Waals surface area (Å²) in [4.78, 5) is 15.7. The molecule has 0 aliphatic carbocycles. The standard InChI is InChI=1S/C19H20N4OS/c1-14-11-22(8-7-20-14)19(24)15-9-18(25-13-15)16-10-21-23(12-16)17-5-3-2-4-6-17/h2-6,9-10,12-14,20H,7-8,11H2,1H3/t14-/m0/s1. The number of amides is 1. The second-order valence-corrected chi connectivity index (χ2v) is 7.23. The number of nitrogens with zero attached hydrogens (tertiary/aromatic N) is 3. The van der Waals surface area contributed by atoms with Gasteiger partial charge in [-0.2, -0.15) is 5.10 Å². The van der Waals surface area contributed by atoms with Crippen molar-refractivity contribution < 1.29 is 4.79 Å². The minimum atomic E-state index is 0.117. The predicted molar refractivity (Wildman–Crippen MR) is 100 cm³/mol. The van der Waals surface area contributed by atoms with Crippen LogP contribution < -0.4 is 5.32 Å². The lowest BCUT2D eigenvalue weighted by Crippen LogP contribution is -2.51. The molecule has 0 radical (unpaired) electrons. The Labute approximate surface area is 150 Å². The zero-order valence-corrected chi connectivity index (χ0v) is 14.9. The minimum absolute atomic E-state index is 0.117. The van der Waals surface area contributed by atoms with Crippen LogP contribution in [0.3, 0.4) is 0 Å². The smallest absolute Gasteiger partial charge is 0.254 e. The summed E-state index contributed by atoms with van der Waals surface area (Å²) in [5.41, 5.74) is 2.82. The van der Waals surface area contributed by atoms with E-state index in [-0.39, 0.29) is 5.91 Å². The lowest BCUT2D eigenvalue weighted by Gasteiger charge is -2.31. The van der Waals surface area contributed by atoms with E-state index < -0.39 is 0 Å². The topological polar surface area (TPSA) is 50.2 Å². The van der Waals surface area contributed by atoms with Crippen molar-refractivity contribution in [2.45, 2.75) is 13.0 Å². The van der Waals surface area contributed by atoms with Gasteiger partial charge in [-0.3, -0.25) is 4.79 Å². The molecule has 0 saturated carbocycles. The molecule has 1 aliphatic heterocycles. The molecule has 3 heterocycles. The molecule has 1 aliphatic rings. The number of aromatic nitrogens is 2. The molecule has 0 spiro atoms. The molecular formula is C19H20N4OS. The Morgan fingerprint density at radius 1 is 1.32 bits per heavy atom. The van der Waals surface area contributed by atoms with Crippen molar-refractivity contribution in [3.63, 3.8) is 0 Å². The van der Waals surface area contributed by atoms with Crippen molar-refractivity contribution in [1.82, 2.24) is 20.0 Å². The lowest BCUT2D eigenvalue weighted by atomic mass is 10.2. The Kier molecular flexibility index (Phi) is 4.38. The first-order valence-electron chi connectivity index (χ1n) is 8.42. The average Bonchev–Trinajstić information content (AvgIpc) is 3.31. The van der Waals surface area contributed by atoms with Gasteiger partial charge < -0.3 is 10.2 Å². The van der Waals surface area contributed by atoms with Crippen LogP contribution in [-0.2, 0) is 0 Å². The summed E-state index contributed by atoms with van der Waals surface area (Å²) >= 11 is 1.59. The van der Waals surface area contributed by atoms with Gasteiger partial charge in [-0.1, -0.05) is 18.2 Å². The summed E-state index contributed by atoms with van der Waals surface area (Å²) in [5, 5.41) is 9.75. The van der Waals surface area contributed by atoms with Gasteiger partial charge in [0, 0.05) is 47.7 Å². The Balaban J connectivity index is 1.53. The molecule has 1 aromatic carbocycles. The molecule has 0 unspecified atom stereocenters. The number of hydrogen-bond acceptors (Lipinski definition) is 4. The summed E-state index contributed by atoms with van der Waals surface area (Å²) in [7, 11) is 0. The molecule has 0 bridgehead atoms. The third kappa shape index (κ3) is 3.36. The van der Waals surface area contributed by atoms with Gasteiger partial charge in [-0.25, -0.2) is 4.68 Å². The highest BCUT2D eigenvalue weighted by molar-refractivity contribution is 7.13. The first-order chi connectivity index (χ1) is 12.2. The van der Waals surface area contributed by atoms with Crippen LogP contribution in [0.4, 0.5) is 0 Å². The SMILES string of the molecule is C[C@H]1CN(C(=O)c2csc(-c3cnn(-c4ccccc4)c3)c2)CCN1. The lowest BCUT2D eigenvalue weighted by molar-refractivity contribution is 0.0709. The molecule has 1 fully saturated rings. The fourth-order valence-electron chi connectivity index (χ4n) is 3.07. The highest BCUT2D eigenvalue weighted by Crippen LogP contribution is 2.28. The highest BCUT2D eigenvalue weighted by atomic mass is 32.1. The fourth-order valence-corrected chi connectivity index (χ4v) is 3.93. The van der Waals surface area contributed by atoms with E-state index in [1.54, 1.807) is 11.3 Å². The molecule has 3 aromatic rings. The van der Waals surface area contributed by atoms with Crippen molar-refractivity contribution in [3.05, 3.63) is 59.7 Å². The van der Waals surface area contributed by atoms with Gasteiger partial charge in [0.25, 0.3) is 5.91 Å². The van der Waals surface area contributed by atoms with Crippen LogP contribution >= 0.6 is 11.3 Å². The number of piperazine rings is 1. The fraction of sp³-hybridized carbons (Fsp3) is 0.263. The van der Waals surface area contributed by atoms with Gasteiger partial charge in [0.1, 0.15) is 0 Å². The quantitative estimate of drug-likeness (QED) is 0.788. The monoisotopic (exact) mass is 352 g/mol. The van der Waals surface area contributed by atoms with Crippen LogP contribution in [0.15, 0.2) is 54.2 Å². The molecule has 1 N–H and O–H groups in total. The summed E-state index contributed by atoms with van der Waals surface area (Å²) in [5.74, 6) is 0.117. The van der Waals surface area contributed by atoms with Crippen LogP contribution in [0.25, 0.3) is 16.1 Å². The van der Waals surface area contributed by atoms with E-state index in [4.69, 9.17) is 0 Å². The summed E-state index contributed by atoms with van der Waals surface area (Å²) in [6.07, 6.45) is 3.85. The number of rotatable bonds is 3. The normalized spacial score (nSPS) is 17.6. The van der Waals surface area contributed by atoms with E-state index in [9.17, 15) is 4.79 Å². The minimum Gasteiger partial charge on any atom is -0.336 e. The number of nitrogens with one attached hydrogen (secondary N) is 1. The third-order valence-electron chi connectivity index (χ3n) is 4.39. The molecule has 1 saturated heterocycles. The van der Waals surface area contributed by atoms with E-state index in [2.05, 4.69) is 17.3 Å². The van der Waals surface area contributed by atoms with Crippen LogP contribution in [0, 0.1) is 0 Å². The summed E-state index contributed by atoms with van der Waals surface area (Å²) in [6.45, 7) is 4.49. The first kappa shape index (κ1) is 16.1. The average molecular weight is 352 g/mol. The molecule has 5 nitrogen and oxygen atoms in total. The van der Waals surface area contributed by atoms with E-state index in [1.165, 1.54) is 0 Å². The van der Waals surface area contributed by atoms with E-state index >= 15 is 0 Å². The van der Waals surface area contributed by atoms with Crippen LogP contribution in [0.1, 0.15) is 17.3 Å². The number of carbonyl (C=O) groups excluding carboxylic acids is 1. The molecule has 6 heteroatoms. The Morgan fingerprint density at radius 3 is 2.96 bits per heavy atom. The number of thiophene rings is 1. The zero-order valence-electron chi connectivity index (χ0n) is 14.1. The number of benzene rings is 1. The van der Waals surface area contributed by atoms with Gasteiger partial charge in [-0.05, 0) is 25.1 Å². The van der Waals surface area contributed by atoms with Gasteiger partial charge >= 0.3 is 0 Å². The largest absolute Gasteiger partial charge is 0.336 e. The first-order valence-corrected chi connectivity index (χ1v) is 9.30. The number of carbonyl (C=O) groups is 1. The molecule has 4 rings (SSSR count). The Morgan fingerprint density at radius 2 is 2.16 bits per heavy atom. The molecule has 25 heavy (non-hydrogen) atoms. The van der Waals surface area contributed by atoms with Crippen LogP contribution in [0.2, 0.25) is 0 Å². The van der Waals surface area contributed by atoms with Gasteiger partial charge in [0.2, 0.25) is 0 Å². The van der Waals surface area contributed by atoms with Crippen molar-refractivity contribution in [1.29, 1.82) is 0 Å². The molecule has 1 atom stereocenters. The predicted octanol–water partition coefficient (Wildman–Crippen LogP) is 3.03. The zero-order chi connectivity index (χ0) is 17.2. The number of hydrogen-bond donors (Lipinski definition) is 1. The second-order valence-electron chi connectivity index (χ2n) is 6.32. The van der Waals surface area contributed by atoms with Crippen molar-refractivity contribution in [2.75, 3.05) is 19.6 Å². The maximum Gasteiger partial charge on any atom is 0.254 e. The van der Waals surface area contributed by atoms with E-state index in [1.807, 2.05) is 63.8 Å². The van der Waals surface area contributed by atoms with Gasteiger partial charge in [0.05, 0.1) is 17.4 Å². The van der Waals surface area contributed by atoms with Gasteiger partial charge in [-0.15, -0.1) is 11.3 Å². The highest BCUT2D eigenvalue weighted by Gasteiger charge is 2.22. The summed E-state index contributed by atoms with van der Waals surface area (Å²) < 4.78 is 1.86. The molecule has 1 amide bonds. The number of para-hydroxylation sites is 1. The summed E-state index contributed by atoms with van der Waals surface area (Å²) in [6, 6.07) is 12.3. The van der Waals surface area contributed by atoms with Crippen molar-refractivity contribution >= 4 is 17.2 Å². The molecular weight excluding hydrogens is 332 g/mol. The maximum absolute atomic E-state index is 12.7. The maximum atomic E-state index is 12.7. The van der Waals surface area contributed by atoms with E-state index in [0.717, 1.165) is 41.3 Å². The van der Waals surface area contributed by atoms with Gasteiger partial charge in [0.15, 0.2) is 0 Å². The Hall–Kier alpha value is -2.44. The van der Waals surface area contributed by atoms with E-state index in [0.29, 0.717) is 6.04 Å². The second kappa shape index (κ2) is 6.82. The molecule has 2 aromatic heterocycles. The van der Waals surface area contributed by atoms with Crippen molar-refractivity contribution in [2.24, 2.45) is 0 Å². The van der Waals surface area contributed by atoms with Crippen molar-refractivity contribution in [3.8, 4) is 16.1 Å². The van der Waals surface area contributed by atoms with Crippen LogP contribution in [-0.4, -0.2) is 46.3 Å². The third-order valence-corrected chi connectivity index (χ3v) is 5.37.